The highest BCUT2D eigenvalue weighted by molar-refractivity contribution is 9.10. The molecule has 0 atom stereocenters. The van der Waals surface area contributed by atoms with Gasteiger partial charge in [0.25, 0.3) is 0 Å². The average molecular weight is 315 g/mol. The summed E-state index contributed by atoms with van der Waals surface area (Å²) in [6.07, 6.45) is 0.451. The third-order valence-electron chi connectivity index (χ3n) is 2.30. The number of hydrogen-bond acceptors (Lipinski definition) is 3. The zero-order valence-corrected chi connectivity index (χ0v) is 12.5. The van der Waals surface area contributed by atoms with Crippen LogP contribution < -0.4 is 15.4 Å². The molecule has 4 nitrogen and oxygen atoms in total. The normalized spacial score (nSPS) is 10.5. The number of nitrogens with one attached hydrogen (secondary N) is 2. The smallest absolute Gasteiger partial charge is 0.225 e. The predicted molar refractivity (Wildman–Crippen MR) is 77.1 cm³/mol. The summed E-state index contributed by atoms with van der Waals surface area (Å²) in [4.78, 5) is 11.7. The Hall–Kier alpha value is -1.07. The van der Waals surface area contributed by atoms with Gasteiger partial charge in [-0.15, -0.1) is 0 Å². The Bertz CT molecular complexity index is 408. The SMILES string of the molecule is COc1cc(Br)cc(NC(=O)CCNC(C)C)c1. The molecule has 0 aliphatic heterocycles. The van der Waals surface area contributed by atoms with Crippen LogP contribution >= 0.6 is 15.9 Å². The summed E-state index contributed by atoms with van der Waals surface area (Å²) in [5.74, 6) is 0.697. The quantitative estimate of drug-likeness (QED) is 0.849. The Morgan fingerprint density at radius 3 is 2.72 bits per heavy atom. The van der Waals surface area contributed by atoms with Crippen LogP contribution in [0, 0.1) is 0 Å². The van der Waals surface area contributed by atoms with Crippen LogP contribution in [-0.4, -0.2) is 25.6 Å². The van der Waals surface area contributed by atoms with Gasteiger partial charge in [0.15, 0.2) is 0 Å². The summed E-state index contributed by atoms with van der Waals surface area (Å²) in [7, 11) is 1.60. The molecule has 100 valence electrons. The summed E-state index contributed by atoms with van der Waals surface area (Å²) in [5.41, 5.74) is 0.732. The van der Waals surface area contributed by atoms with Crippen LogP contribution in [0.5, 0.6) is 5.75 Å². The number of hydrogen-bond donors (Lipinski definition) is 2. The minimum absolute atomic E-state index is 0.0108. The predicted octanol–water partition coefficient (Wildman–Crippen LogP) is 2.78. The zero-order chi connectivity index (χ0) is 13.5. The Morgan fingerprint density at radius 1 is 1.39 bits per heavy atom. The van der Waals surface area contributed by atoms with E-state index in [-0.39, 0.29) is 5.91 Å². The lowest BCUT2D eigenvalue weighted by Crippen LogP contribution is -2.27. The van der Waals surface area contributed by atoms with E-state index < -0.39 is 0 Å². The van der Waals surface area contributed by atoms with Gasteiger partial charge in [0, 0.05) is 35.2 Å². The second kappa shape index (κ2) is 7.38. The van der Waals surface area contributed by atoms with Gasteiger partial charge in [0.2, 0.25) is 5.91 Å². The molecule has 0 aromatic heterocycles. The van der Waals surface area contributed by atoms with Crippen molar-refractivity contribution in [1.82, 2.24) is 5.32 Å². The molecule has 0 aliphatic carbocycles. The van der Waals surface area contributed by atoms with Gasteiger partial charge >= 0.3 is 0 Å². The summed E-state index contributed by atoms with van der Waals surface area (Å²) >= 11 is 3.37. The number of anilines is 1. The Kier molecular flexibility index (Phi) is 6.15. The van der Waals surface area contributed by atoms with Crippen molar-refractivity contribution in [2.75, 3.05) is 19.0 Å². The van der Waals surface area contributed by atoms with Crippen LogP contribution in [0.2, 0.25) is 0 Å². The van der Waals surface area contributed by atoms with E-state index in [1.54, 1.807) is 13.2 Å². The van der Waals surface area contributed by atoms with Gasteiger partial charge in [0.05, 0.1) is 7.11 Å². The summed E-state index contributed by atoms with van der Waals surface area (Å²) in [5, 5.41) is 6.04. The van der Waals surface area contributed by atoms with E-state index in [1.807, 2.05) is 12.1 Å². The van der Waals surface area contributed by atoms with Crippen LogP contribution in [0.3, 0.4) is 0 Å². The molecule has 1 aromatic rings. The van der Waals surface area contributed by atoms with Gasteiger partial charge < -0.3 is 15.4 Å². The highest BCUT2D eigenvalue weighted by Gasteiger charge is 2.05. The maximum absolute atomic E-state index is 11.7. The molecular formula is C13H19BrN2O2. The van der Waals surface area contributed by atoms with Gasteiger partial charge in [0.1, 0.15) is 5.75 Å². The van der Waals surface area contributed by atoms with Crippen molar-refractivity contribution in [3.63, 3.8) is 0 Å². The van der Waals surface area contributed by atoms with Crippen molar-refractivity contribution in [1.29, 1.82) is 0 Å². The second-order valence-corrected chi connectivity index (χ2v) is 5.20. The standard InChI is InChI=1S/C13H19BrN2O2/c1-9(2)15-5-4-13(17)16-11-6-10(14)7-12(8-11)18-3/h6-9,15H,4-5H2,1-3H3,(H,16,17). The number of benzene rings is 1. The molecule has 0 saturated carbocycles. The minimum atomic E-state index is -0.0108. The first-order valence-corrected chi connectivity index (χ1v) is 6.68. The molecule has 1 amide bonds. The highest BCUT2D eigenvalue weighted by Crippen LogP contribution is 2.24. The molecule has 18 heavy (non-hydrogen) atoms. The van der Waals surface area contributed by atoms with Crippen LogP contribution in [0.25, 0.3) is 0 Å². The Balaban J connectivity index is 2.51. The van der Waals surface area contributed by atoms with E-state index in [1.165, 1.54) is 0 Å². The van der Waals surface area contributed by atoms with Gasteiger partial charge in [-0.05, 0) is 12.1 Å². The topological polar surface area (TPSA) is 50.4 Å². The highest BCUT2D eigenvalue weighted by atomic mass is 79.9. The molecule has 0 aliphatic rings. The number of methoxy groups -OCH3 is 1. The first kappa shape index (κ1) is 15.0. The van der Waals surface area contributed by atoms with Crippen molar-refractivity contribution in [2.45, 2.75) is 26.3 Å². The first-order chi connectivity index (χ1) is 8.51. The zero-order valence-electron chi connectivity index (χ0n) is 10.9. The van der Waals surface area contributed by atoms with E-state index in [0.717, 1.165) is 10.2 Å². The van der Waals surface area contributed by atoms with Crippen molar-refractivity contribution in [3.8, 4) is 5.75 Å². The lowest BCUT2D eigenvalue weighted by atomic mass is 10.3. The van der Waals surface area contributed by atoms with Crippen molar-refractivity contribution < 1.29 is 9.53 Å². The lowest BCUT2D eigenvalue weighted by molar-refractivity contribution is -0.116. The first-order valence-electron chi connectivity index (χ1n) is 5.89. The number of halogens is 1. The second-order valence-electron chi connectivity index (χ2n) is 4.29. The fourth-order valence-electron chi connectivity index (χ4n) is 1.45. The maximum atomic E-state index is 11.7. The van der Waals surface area contributed by atoms with Gasteiger partial charge in [-0.1, -0.05) is 29.8 Å². The number of amides is 1. The average Bonchev–Trinajstić information content (AvgIpc) is 2.27. The fraction of sp³-hybridized carbons (Fsp3) is 0.462. The van der Waals surface area contributed by atoms with Crippen molar-refractivity contribution in [2.24, 2.45) is 0 Å². The van der Waals surface area contributed by atoms with E-state index in [4.69, 9.17) is 4.74 Å². The largest absolute Gasteiger partial charge is 0.497 e. The van der Waals surface area contributed by atoms with Gasteiger partial charge in [-0.2, -0.15) is 0 Å². The molecule has 0 heterocycles. The molecule has 0 bridgehead atoms. The molecule has 0 fully saturated rings. The van der Waals surface area contributed by atoms with E-state index in [9.17, 15) is 4.79 Å². The number of rotatable bonds is 6. The Labute approximate surface area is 116 Å². The lowest BCUT2D eigenvalue weighted by Gasteiger charge is -2.10. The number of carbonyl (C=O) groups excluding carboxylic acids is 1. The molecule has 0 spiro atoms. The molecular weight excluding hydrogens is 296 g/mol. The maximum Gasteiger partial charge on any atom is 0.225 e. The molecule has 1 aromatic carbocycles. The Morgan fingerprint density at radius 2 is 2.11 bits per heavy atom. The summed E-state index contributed by atoms with van der Waals surface area (Å²) < 4.78 is 6.01. The van der Waals surface area contributed by atoms with E-state index in [2.05, 4.69) is 40.4 Å². The van der Waals surface area contributed by atoms with E-state index >= 15 is 0 Å². The minimum Gasteiger partial charge on any atom is -0.497 e. The van der Waals surface area contributed by atoms with Crippen LogP contribution in [0.4, 0.5) is 5.69 Å². The third-order valence-corrected chi connectivity index (χ3v) is 2.75. The molecule has 0 saturated heterocycles. The van der Waals surface area contributed by atoms with Crippen molar-refractivity contribution >= 4 is 27.5 Å². The molecule has 0 unspecified atom stereocenters. The molecule has 0 radical (unpaired) electrons. The van der Waals surface area contributed by atoms with Crippen LogP contribution in [-0.2, 0) is 4.79 Å². The number of ether oxygens (including phenoxy) is 1. The summed E-state index contributed by atoms with van der Waals surface area (Å²) in [6.45, 7) is 4.78. The van der Waals surface area contributed by atoms with Crippen LogP contribution in [0.15, 0.2) is 22.7 Å². The van der Waals surface area contributed by atoms with Gasteiger partial charge in [-0.25, -0.2) is 0 Å². The molecule has 5 heteroatoms. The van der Waals surface area contributed by atoms with Gasteiger partial charge in [-0.3, -0.25) is 4.79 Å². The molecule has 2 N–H and O–H groups in total. The van der Waals surface area contributed by atoms with Crippen LogP contribution in [0.1, 0.15) is 20.3 Å². The molecule has 1 rings (SSSR count). The monoisotopic (exact) mass is 314 g/mol. The number of carbonyl (C=O) groups is 1. The fourth-order valence-corrected chi connectivity index (χ4v) is 1.92. The summed E-state index contributed by atoms with van der Waals surface area (Å²) in [6, 6.07) is 5.87. The van der Waals surface area contributed by atoms with E-state index in [0.29, 0.717) is 24.8 Å². The third kappa shape index (κ3) is 5.51. The van der Waals surface area contributed by atoms with Crippen molar-refractivity contribution in [3.05, 3.63) is 22.7 Å².